The van der Waals surface area contributed by atoms with E-state index in [0.29, 0.717) is 6.04 Å². The van der Waals surface area contributed by atoms with Crippen molar-refractivity contribution in [3.05, 3.63) is 20.8 Å². The zero-order valence-electron chi connectivity index (χ0n) is 9.41. The van der Waals surface area contributed by atoms with Gasteiger partial charge in [0.1, 0.15) is 0 Å². The molecule has 1 aliphatic heterocycles. The monoisotopic (exact) mass is 301 g/mol. The quantitative estimate of drug-likeness (QED) is 0.811. The molecule has 0 aromatic carbocycles. The minimum absolute atomic E-state index is 0.210. The molecule has 1 fully saturated rings. The van der Waals surface area contributed by atoms with Crippen LogP contribution in [0.3, 0.4) is 0 Å². The van der Waals surface area contributed by atoms with E-state index in [9.17, 15) is 4.79 Å². The Labute approximate surface area is 109 Å². The highest BCUT2D eigenvalue weighted by Crippen LogP contribution is 2.27. The molecule has 16 heavy (non-hydrogen) atoms. The van der Waals surface area contributed by atoms with E-state index in [4.69, 9.17) is 0 Å². The molecule has 2 rings (SSSR count). The lowest BCUT2D eigenvalue weighted by Crippen LogP contribution is -2.43. The van der Waals surface area contributed by atoms with Gasteiger partial charge in [-0.15, -0.1) is 11.3 Å². The highest BCUT2D eigenvalue weighted by molar-refractivity contribution is 9.11. The van der Waals surface area contributed by atoms with Gasteiger partial charge in [0.2, 0.25) is 0 Å². The molecule has 2 nitrogen and oxygen atoms in total. The third-order valence-corrected chi connectivity index (χ3v) is 4.75. The van der Waals surface area contributed by atoms with Crippen LogP contribution in [-0.2, 0) is 0 Å². The predicted octanol–water partition coefficient (Wildman–Crippen LogP) is 3.92. The topological polar surface area (TPSA) is 20.3 Å². The van der Waals surface area contributed by atoms with Crippen molar-refractivity contribution in [2.75, 3.05) is 6.54 Å². The lowest BCUT2D eigenvalue weighted by atomic mass is 10.00. The largest absolute Gasteiger partial charge is 0.335 e. The molecule has 0 bridgehead atoms. The smallest absolute Gasteiger partial charge is 0.264 e. The molecule has 1 aliphatic rings. The number of amides is 1. The van der Waals surface area contributed by atoms with Gasteiger partial charge < -0.3 is 4.90 Å². The van der Waals surface area contributed by atoms with Crippen molar-refractivity contribution >= 4 is 33.2 Å². The summed E-state index contributed by atoms with van der Waals surface area (Å²) in [5, 5.41) is 0. The van der Waals surface area contributed by atoms with Crippen LogP contribution in [0, 0.1) is 0 Å². The summed E-state index contributed by atoms with van der Waals surface area (Å²) in [6.45, 7) is 3.09. The number of carbonyl (C=O) groups is 1. The Kier molecular flexibility index (Phi) is 4.03. The number of likely N-dealkylation sites (tertiary alicyclic amines) is 1. The van der Waals surface area contributed by atoms with E-state index < -0.39 is 0 Å². The fourth-order valence-electron chi connectivity index (χ4n) is 2.26. The Morgan fingerprint density at radius 1 is 1.56 bits per heavy atom. The zero-order chi connectivity index (χ0) is 11.5. The molecule has 0 spiro atoms. The molecule has 0 N–H and O–H groups in total. The van der Waals surface area contributed by atoms with Gasteiger partial charge in [0, 0.05) is 12.6 Å². The summed E-state index contributed by atoms with van der Waals surface area (Å²) in [6.07, 6.45) is 4.64. The lowest BCUT2D eigenvalue weighted by Gasteiger charge is -2.34. The van der Waals surface area contributed by atoms with Crippen LogP contribution < -0.4 is 0 Å². The first-order chi connectivity index (χ1) is 7.72. The number of halogens is 1. The summed E-state index contributed by atoms with van der Waals surface area (Å²) in [5.41, 5.74) is 0. The highest BCUT2D eigenvalue weighted by Gasteiger charge is 2.26. The van der Waals surface area contributed by atoms with Crippen molar-refractivity contribution in [3.8, 4) is 0 Å². The fourth-order valence-corrected chi connectivity index (χ4v) is 3.61. The molecule has 0 saturated carbocycles. The van der Waals surface area contributed by atoms with Crippen molar-refractivity contribution in [1.82, 2.24) is 4.90 Å². The van der Waals surface area contributed by atoms with E-state index in [1.807, 2.05) is 12.1 Å². The van der Waals surface area contributed by atoms with Crippen molar-refractivity contribution < 1.29 is 4.79 Å². The molecule has 1 saturated heterocycles. The molecule has 1 aromatic rings. The first kappa shape index (κ1) is 12.1. The normalized spacial score (nSPS) is 21.1. The van der Waals surface area contributed by atoms with Crippen LogP contribution in [0.25, 0.3) is 0 Å². The van der Waals surface area contributed by atoms with Gasteiger partial charge in [-0.25, -0.2) is 0 Å². The maximum absolute atomic E-state index is 12.3. The molecular weight excluding hydrogens is 286 g/mol. The summed E-state index contributed by atoms with van der Waals surface area (Å²) in [7, 11) is 0. The first-order valence-corrected chi connectivity index (χ1v) is 7.39. The van der Waals surface area contributed by atoms with Gasteiger partial charge in [0.05, 0.1) is 8.66 Å². The van der Waals surface area contributed by atoms with Crippen LogP contribution in [0.5, 0.6) is 0 Å². The van der Waals surface area contributed by atoms with Gasteiger partial charge in [-0.2, -0.15) is 0 Å². The highest BCUT2D eigenvalue weighted by atomic mass is 79.9. The van der Waals surface area contributed by atoms with E-state index in [2.05, 4.69) is 27.8 Å². The molecule has 1 amide bonds. The average Bonchev–Trinajstić information content (AvgIpc) is 2.75. The number of piperidine rings is 1. The third-order valence-electron chi connectivity index (χ3n) is 3.14. The number of rotatable bonds is 2. The Hall–Kier alpha value is -0.350. The summed E-state index contributed by atoms with van der Waals surface area (Å²) in [4.78, 5) is 15.2. The molecule has 1 atom stereocenters. The second kappa shape index (κ2) is 5.32. The average molecular weight is 302 g/mol. The van der Waals surface area contributed by atoms with Crippen LogP contribution in [0.1, 0.15) is 42.3 Å². The van der Waals surface area contributed by atoms with Gasteiger partial charge in [-0.1, -0.05) is 6.92 Å². The van der Waals surface area contributed by atoms with Crippen LogP contribution in [0.2, 0.25) is 0 Å². The SMILES string of the molecule is CC[C@H]1CCCCN1C(=O)c1ccc(Br)s1. The van der Waals surface area contributed by atoms with Gasteiger partial charge in [-0.05, 0) is 53.7 Å². The number of nitrogens with zero attached hydrogens (tertiary/aromatic N) is 1. The summed E-state index contributed by atoms with van der Waals surface area (Å²) >= 11 is 4.93. The standard InChI is InChI=1S/C12H16BrNOS/c1-2-9-5-3-4-8-14(9)12(15)10-6-7-11(13)16-10/h6-7,9H,2-5,8H2,1H3/t9-/m0/s1. The van der Waals surface area contributed by atoms with Crippen LogP contribution >= 0.6 is 27.3 Å². The minimum atomic E-state index is 0.210. The van der Waals surface area contributed by atoms with Gasteiger partial charge >= 0.3 is 0 Å². The summed E-state index contributed by atoms with van der Waals surface area (Å²) < 4.78 is 1.03. The van der Waals surface area contributed by atoms with E-state index >= 15 is 0 Å². The Bertz CT molecular complexity index is 377. The van der Waals surface area contributed by atoms with Crippen LogP contribution in [0.4, 0.5) is 0 Å². The summed E-state index contributed by atoms with van der Waals surface area (Å²) in [5.74, 6) is 0.210. The van der Waals surface area contributed by atoms with Crippen molar-refractivity contribution in [1.29, 1.82) is 0 Å². The minimum Gasteiger partial charge on any atom is -0.335 e. The van der Waals surface area contributed by atoms with Crippen LogP contribution in [0.15, 0.2) is 15.9 Å². The lowest BCUT2D eigenvalue weighted by molar-refractivity contribution is 0.0613. The maximum atomic E-state index is 12.3. The molecule has 0 radical (unpaired) electrons. The zero-order valence-corrected chi connectivity index (χ0v) is 11.8. The molecule has 2 heterocycles. The fraction of sp³-hybridized carbons (Fsp3) is 0.583. The maximum Gasteiger partial charge on any atom is 0.264 e. The molecule has 0 aliphatic carbocycles. The molecule has 88 valence electrons. The van der Waals surface area contributed by atoms with E-state index in [0.717, 1.165) is 34.5 Å². The van der Waals surface area contributed by atoms with Gasteiger partial charge in [0.15, 0.2) is 0 Å². The van der Waals surface area contributed by atoms with Gasteiger partial charge in [0.25, 0.3) is 5.91 Å². The Morgan fingerprint density at radius 2 is 2.38 bits per heavy atom. The number of thiophene rings is 1. The van der Waals surface area contributed by atoms with E-state index in [-0.39, 0.29) is 5.91 Å². The predicted molar refractivity (Wildman–Crippen MR) is 71.0 cm³/mol. The van der Waals surface area contributed by atoms with Crippen molar-refractivity contribution in [3.63, 3.8) is 0 Å². The van der Waals surface area contributed by atoms with Crippen molar-refractivity contribution in [2.45, 2.75) is 38.6 Å². The first-order valence-electron chi connectivity index (χ1n) is 5.78. The molecule has 0 unspecified atom stereocenters. The number of carbonyl (C=O) groups excluding carboxylic acids is 1. The Balaban J connectivity index is 2.13. The van der Waals surface area contributed by atoms with Crippen LogP contribution in [-0.4, -0.2) is 23.4 Å². The molecule has 4 heteroatoms. The second-order valence-electron chi connectivity index (χ2n) is 4.16. The van der Waals surface area contributed by atoms with E-state index in [1.165, 1.54) is 17.8 Å². The van der Waals surface area contributed by atoms with Gasteiger partial charge in [-0.3, -0.25) is 4.79 Å². The third kappa shape index (κ3) is 2.48. The van der Waals surface area contributed by atoms with E-state index in [1.54, 1.807) is 0 Å². The van der Waals surface area contributed by atoms with Crippen molar-refractivity contribution in [2.24, 2.45) is 0 Å². The molecular formula is C12H16BrNOS. The number of hydrogen-bond acceptors (Lipinski definition) is 2. The molecule has 1 aromatic heterocycles. The number of hydrogen-bond donors (Lipinski definition) is 0. The second-order valence-corrected chi connectivity index (χ2v) is 6.62. The Morgan fingerprint density at radius 3 is 3.00 bits per heavy atom. The summed E-state index contributed by atoms with van der Waals surface area (Å²) in [6, 6.07) is 4.31.